The fourth-order valence-corrected chi connectivity index (χ4v) is 4.10. The SMILES string of the molecule is CCCN(C1CC1)S(=O)(=O)c1ccc(CNC)cc1F. The summed E-state index contributed by atoms with van der Waals surface area (Å²) < 4.78 is 40.7. The maximum atomic E-state index is 14.1. The molecule has 0 radical (unpaired) electrons. The zero-order valence-electron chi connectivity index (χ0n) is 11.9. The van der Waals surface area contributed by atoms with Gasteiger partial charge in [0.1, 0.15) is 10.7 Å². The Balaban J connectivity index is 2.32. The van der Waals surface area contributed by atoms with Gasteiger partial charge in [0.2, 0.25) is 10.0 Å². The molecule has 1 fully saturated rings. The third-order valence-electron chi connectivity index (χ3n) is 3.36. The molecule has 0 aliphatic heterocycles. The van der Waals surface area contributed by atoms with Gasteiger partial charge in [-0.3, -0.25) is 0 Å². The van der Waals surface area contributed by atoms with Gasteiger partial charge in [-0.25, -0.2) is 12.8 Å². The van der Waals surface area contributed by atoms with E-state index in [4.69, 9.17) is 0 Å². The van der Waals surface area contributed by atoms with E-state index in [2.05, 4.69) is 5.32 Å². The number of nitrogens with zero attached hydrogens (tertiary/aromatic N) is 1. The Hall–Kier alpha value is -0.980. The van der Waals surface area contributed by atoms with E-state index in [1.807, 2.05) is 6.92 Å². The fraction of sp³-hybridized carbons (Fsp3) is 0.571. The zero-order chi connectivity index (χ0) is 14.8. The van der Waals surface area contributed by atoms with Gasteiger partial charge in [-0.1, -0.05) is 13.0 Å². The molecule has 1 aromatic rings. The molecule has 6 heteroatoms. The second-order valence-corrected chi connectivity index (χ2v) is 7.00. The van der Waals surface area contributed by atoms with Crippen LogP contribution in [0.4, 0.5) is 4.39 Å². The van der Waals surface area contributed by atoms with E-state index < -0.39 is 15.8 Å². The first-order valence-electron chi connectivity index (χ1n) is 6.95. The van der Waals surface area contributed by atoms with Crippen LogP contribution < -0.4 is 5.32 Å². The highest BCUT2D eigenvalue weighted by Gasteiger charge is 2.38. The minimum absolute atomic E-state index is 0.0522. The maximum absolute atomic E-state index is 14.1. The smallest absolute Gasteiger partial charge is 0.246 e. The molecule has 112 valence electrons. The minimum atomic E-state index is -3.72. The lowest BCUT2D eigenvalue weighted by molar-refractivity contribution is 0.400. The van der Waals surface area contributed by atoms with E-state index >= 15 is 0 Å². The second-order valence-electron chi connectivity index (χ2n) is 5.14. The summed E-state index contributed by atoms with van der Waals surface area (Å²) in [6.07, 6.45) is 2.48. The standard InChI is InChI=1S/C14H21FN2O2S/c1-3-8-17(12-5-6-12)20(18,19)14-7-4-11(10-16-2)9-13(14)15/h4,7,9,12,16H,3,5-6,8,10H2,1-2H3. The summed E-state index contributed by atoms with van der Waals surface area (Å²) in [5, 5.41) is 2.91. The predicted molar refractivity (Wildman–Crippen MR) is 76.4 cm³/mol. The monoisotopic (exact) mass is 300 g/mol. The summed E-state index contributed by atoms with van der Waals surface area (Å²) >= 11 is 0. The van der Waals surface area contributed by atoms with E-state index in [9.17, 15) is 12.8 Å². The van der Waals surface area contributed by atoms with E-state index in [0.29, 0.717) is 13.1 Å². The Morgan fingerprint density at radius 1 is 1.40 bits per heavy atom. The van der Waals surface area contributed by atoms with E-state index in [1.54, 1.807) is 13.1 Å². The molecule has 0 atom stereocenters. The fourth-order valence-electron chi connectivity index (χ4n) is 2.28. The molecule has 0 spiro atoms. The predicted octanol–water partition coefficient (Wildman–Crippen LogP) is 2.11. The van der Waals surface area contributed by atoms with Crippen molar-refractivity contribution in [1.82, 2.24) is 9.62 Å². The second kappa shape index (κ2) is 6.20. The van der Waals surface area contributed by atoms with Crippen LogP contribution >= 0.6 is 0 Å². The molecule has 1 saturated carbocycles. The largest absolute Gasteiger partial charge is 0.316 e. The number of rotatable bonds is 7. The Bertz CT molecular complexity index is 571. The van der Waals surface area contributed by atoms with E-state index in [-0.39, 0.29) is 10.9 Å². The quantitative estimate of drug-likeness (QED) is 0.839. The highest BCUT2D eigenvalue weighted by Crippen LogP contribution is 2.33. The summed E-state index contributed by atoms with van der Waals surface area (Å²) in [4.78, 5) is -0.210. The molecule has 1 aliphatic rings. The van der Waals surface area contributed by atoms with Crippen molar-refractivity contribution in [2.24, 2.45) is 0 Å². The van der Waals surface area contributed by atoms with Crippen LogP contribution in [0, 0.1) is 5.82 Å². The molecule has 0 heterocycles. The highest BCUT2D eigenvalue weighted by atomic mass is 32.2. The summed E-state index contributed by atoms with van der Waals surface area (Å²) in [7, 11) is -1.96. The van der Waals surface area contributed by atoms with Crippen molar-refractivity contribution in [3.63, 3.8) is 0 Å². The van der Waals surface area contributed by atoms with Crippen LogP contribution in [0.25, 0.3) is 0 Å². The Morgan fingerprint density at radius 2 is 2.10 bits per heavy atom. The number of hydrogen-bond acceptors (Lipinski definition) is 3. The van der Waals surface area contributed by atoms with Crippen molar-refractivity contribution < 1.29 is 12.8 Å². The van der Waals surface area contributed by atoms with Crippen molar-refractivity contribution >= 4 is 10.0 Å². The molecule has 0 unspecified atom stereocenters. The molecular weight excluding hydrogens is 279 g/mol. The van der Waals surface area contributed by atoms with Gasteiger partial charge in [0, 0.05) is 19.1 Å². The van der Waals surface area contributed by atoms with Crippen LogP contribution in [0.2, 0.25) is 0 Å². The van der Waals surface area contributed by atoms with Gasteiger partial charge in [0.25, 0.3) is 0 Å². The molecular formula is C14H21FN2O2S. The van der Waals surface area contributed by atoms with Crippen LogP contribution in [-0.2, 0) is 16.6 Å². The molecule has 0 aromatic heterocycles. The highest BCUT2D eigenvalue weighted by molar-refractivity contribution is 7.89. The Labute approximate surface area is 120 Å². The average molecular weight is 300 g/mol. The van der Waals surface area contributed by atoms with Crippen molar-refractivity contribution in [2.45, 2.75) is 43.7 Å². The third kappa shape index (κ3) is 3.19. The first-order chi connectivity index (χ1) is 9.50. The molecule has 1 aromatic carbocycles. The van der Waals surface area contributed by atoms with Crippen molar-refractivity contribution in [2.75, 3.05) is 13.6 Å². The molecule has 4 nitrogen and oxygen atoms in total. The van der Waals surface area contributed by atoms with Gasteiger partial charge in [0.15, 0.2) is 0 Å². The summed E-state index contributed by atoms with van der Waals surface area (Å²) in [6.45, 7) is 2.89. The number of nitrogens with one attached hydrogen (secondary N) is 1. The van der Waals surface area contributed by atoms with E-state index in [0.717, 1.165) is 24.8 Å². The van der Waals surface area contributed by atoms with Gasteiger partial charge in [-0.05, 0) is 44.0 Å². The van der Waals surface area contributed by atoms with Crippen LogP contribution in [0.1, 0.15) is 31.7 Å². The number of sulfonamides is 1. The minimum Gasteiger partial charge on any atom is -0.316 e. The van der Waals surface area contributed by atoms with Crippen molar-refractivity contribution in [1.29, 1.82) is 0 Å². The number of hydrogen-bond donors (Lipinski definition) is 1. The average Bonchev–Trinajstić information content (AvgIpc) is 3.20. The summed E-state index contributed by atoms with van der Waals surface area (Å²) in [5.41, 5.74) is 0.734. The first kappa shape index (κ1) is 15.4. The molecule has 1 N–H and O–H groups in total. The van der Waals surface area contributed by atoms with Gasteiger partial charge in [-0.15, -0.1) is 0 Å². The lowest BCUT2D eigenvalue weighted by Crippen LogP contribution is -2.34. The van der Waals surface area contributed by atoms with Gasteiger partial charge in [0.05, 0.1) is 0 Å². The molecule has 1 aliphatic carbocycles. The van der Waals surface area contributed by atoms with Crippen LogP contribution in [0.5, 0.6) is 0 Å². The number of benzene rings is 1. The van der Waals surface area contributed by atoms with Crippen LogP contribution in [-0.4, -0.2) is 32.4 Å². The van der Waals surface area contributed by atoms with Crippen molar-refractivity contribution in [3.8, 4) is 0 Å². The first-order valence-corrected chi connectivity index (χ1v) is 8.39. The maximum Gasteiger partial charge on any atom is 0.246 e. The lowest BCUT2D eigenvalue weighted by atomic mass is 10.2. The molecule has 20 heavy (non-hydrogen) atoms. The summed E-state index contributed by atoms with van der Waals surface area (Å²) in [6, 6.07) is 4.38. The van der Waals surface area contributed by atoms with Crippen LogP contribution in [0.15, 0.2) is 23.1 Å². The van der Waals surface area contributed by atoms with E-state index in [1.165, 1.54) is 16.4 Å². The molecule has 2 rings (SSSR count). The number of halogens is 1. The lowest BCUT2D eigenvalue weighted by Gasteiger charge is -2.21. The van der Waals surface area contributed by atoms with Gasteiger partial charge >= 0.3 is 0 Å². The van der Waals surface area contributed by atoms with Crippen molar-refractivity contribution in [3.05, 3.63) is 29.6 Å². The van der Waals surface area contributed by atoms with Gasteiger partial charge < -0.3 is 5.32 Å². The molecule has 0 bridgehead atoms. The zero-order valence-corrected chi connectivity index (χ0v) is 12.7. The summed E-state index contributed by atoms with van der Waals surface area (Å²) in [5.74, 6) is -0.667. The Kier molecular flexibility index (Phi) is 4.78. The molecule has 0 amide bonds. The Morgan fingerprint density at radius 3 is 2.60 bits per heavy atom. The topological polar surface area (TPSA) is 49.4 Å². The normalized spacial score (nSPS) is 15.8. The van der Waals surface area contributed by atoms with Gasteiger partial charge in [-0.2, -0.15) is 4.31 Å². The third-order valence-corrected chi connectivity index (χ3v) is 5.35. The van der Waals surface area contributed by atoms with Crippen LogP contribution in [0.3, 0.4) is 0 Å². The molecule has 0 saturated heterocycles.